The Balaban J connectivity index is 1.62. The molecule has 0 aromatic heterocycles. The molecular weight excluding hydrogens is 344 g/mol. The van der Waals surface area contributed by atoms with Crippen molar-refractivity contribution in [3.8, 4) is 5.75 Å². The molecule has 2 aromatic carbocycles. The van der Waals surface area contributed by atoms with Crippen LogP contribution in [0.25, 0.3) is 10.8 Å². The van der Waals surface area contributed by atoms with E-state index in [1.807, 2.05) is 43.3 Å². The van der Waals surface area contributed by atoms with Gasteiger partial charge in [0, 0.05) is 5.71 Å². The van der Waals surface area contributed by atoms with Crippen molar-refractivity contribution in [2.45, 2.75) is 19.8 Å². The highest BCUT2D eigenvalue weighted by Gasteiger charge is 2.24. The molecule has 1 N–H and O–H groups in total. The number of hydrogen-bond acceptors (Lipinski definition) is 3. The number of nitrogens with one attached hydrogen (secondary N) is 1. The number of carbonyl (C=O) groups excluding carboxylic acids is 1. The summed E-state index contributed by atoms with van der Waals surface area (Å²) in [6.07, 6.45) is 2.34. The van der Waals surface area contributed by atoms with Crippen LogP contribution < -0.4 is 10.2 Å². The molecule has 4 nitrogen and oxygen atoms in total. The lowest BCUT2D eigenvalue weighted by atomic mass is 10.1. The molecule has 0 heterocycles. The van der Waals surface area contributed by atoms with E-state index in [2.05, 4.69) is 26.5 Å². The van der Waals surface area contributed by atoms with Crippen LogP contribution in [0, 0.1) is 5.92 Å². The molecule has 0 aliphatic heterocycles. The van der Waals surface area contributed by atoms with Gasteiger partial charge in [-0.1, -0.05) is 30.3 Å². The van der Waals surface area contributed by atoms with Gasteiger partial charge in [0.05, 0.1) is 4.47 Å². The van der Waals surface area contributed by atoms with Gasteiger partial charge in [0.15, 0.2) is 6.61 Å². The number of amides is 1. The third-order valence-electron chi connectivity index (χ3n) is 3.71. The van der Waals surface area contributed by atoms with E-state index in [1.165, 1.54) is 12.8 Å². The standard InChI is InChI=1S/C17H17BrN2O2/c1-11(12-6-7-12)19-20-16(21)10-22-15-9-8-13-4-2-3-5-14(13)17(15)18/h2-5,8-9,12H,6-7,10H2,1H3,(H,20,21)/b19-11-. The zero-order chi connectivity index (χ0) is 15.5. The maximum Gasteiger partial charge on any atom is 0.277 e. The summed E-state index contributed by atoms with van der Waals surface area (Å²) in [6, 6.07) is 11.8. The number of carbonyl (C=O) groups is 1. The van der Waals surface area contributed by atoms with Crippen molar-refractivity contribution in [2.24, 2.45) is 11.0 Å². The number of hydrogen-bond donors (Lipinski definition) is 1. The number of rotatable bonds is 5. The molecule has 1 amide bonds. The molecular formula is C17H17BrN2O2. The van der Waals surface area contributed by atoms with E-state index in [9.17, 15) is 4.79 Å². The van der Waals surface area contributed by atoms with Gasteiger partial charge in [-0.05, 0) is 58.5 Å². The van der Waals surface area contributed by atoms with Crippen molar-refractivity contribution < 1.29 is 9.53 Å². The highest BCUT2D eigenvalue weighted by atomic mass is 79.9. The van der Waals surface area contributed by atoms with E-state index in [0.29, 0.717) is 11.7 Å². The van der Waals surface area contributed by atoms with E-state index in [0.717, 1.165) is 21.0 Å². The van der Waals surface area contributed by atoms with Crippen LogP contribution in [0.2, 0.25) is 0 Å². The fourth-order valence-corrected chi connectivity index (χ4v) is 2.85. The first-order chi connectivity index (χ1) is 10.6. The molecule has 5 heteroatoms. The number of ether oxygens (including phenoxy) is 1. The summed E-state index contributed by atoms with van der Waals surface area (Å²) in [6.45, 7) is 1.89. The molecule has 22 heavy (non-hydrogen) atoms. The van der Waals surface area contributed by atoms with E-state index in [-0.39, 0.29) is 12.5 Å². The largest absolute Gasteiger partial charge is 0.483 e. The van der Waals surface area contributed by atoms with Gasteiger partial charge in [0.1, 0.15) is 5.75 Å². The van der Waals surface area contributed by atoms with Crippen molar-refractivity contribution in [1.82, 2.24) is 5.43 Å². The minimum absolute atomic E-state index is 0.0572. The van der Waals surface area contributed by atoms with Crippen LogP contribution in [0.5, 0.6) is 5.75 Å². The molecule has 0 atom stereocenters. The Hall–Kier alpha value is -1.88. The molecule has 2 aromatic rings. The maximum absolute atomic E-state index is 11.8. The Labute approximate surface area is 137 Å². The Morgan fingerprint density at radius 3 is 2.86 bits per heavy atom. The Bertz CT molecular complexity index is 739. The van der Waals surface area contributed by atoms with Gasteiger partial charge in [-0.25, -0.2) is 5.43 Å². The lowest BCUT2D eigenvalue weighted by molar-refractivity contribution is -0.123. The molecule has 0 unspecified atom stereocenters. The van der Waals surface area contributed by atoms with Crippen LogP contribution in [0.15, 0.2) is 46.0 Å². The normalized spacial score (nSPS) is 14.9. The fourth-order valence-electron chi connectivity index (χ4n) is 2.24. The third kappa shape index (κ3) is 3.47. The molecule has 3 rings (SSSR count). The smallest absolute Gasteiger partial charge is 0.277 e. The number of hydrazone groups is 1. The van der Waals surface area contributed by atoms with Gasteiger partial charge in [0.25, 0.3) is 5.91 Å². The summed E-state index contributed by atoms with van der Waals surface area (Å²) < 4.78 is 6.44. The molecule has 0 radical (unpaired) electrons. The lowest BCUT2D eigenvalue weighted by Crippen LogP contribution is -2.25. The fraction of sp³-hybridized carbons (Fsp3) is 0.294. The molecule has 1 aliphatic rings. The van der Waals surface area contributed by atoms with Crippen molar-refractivity contribution in [2.75, 3.05) is 6.61 Å². The molecule has 1 saturated carbocycles. The van der Waals surface area contributed by atoms with Crippen LogP contribution in [0.4, 0.5) is 0 Å². The van der Waals surface area contributed by atoms with Gasteiger partial charge in [0.2, 0.25) is 0 Å². The monoisotopic (exact) mass is 360 g/mol. The molecule has 0 saturated heterocycles. The highest BCUT2D eigenvalue weighted by Crippen LogP contribution is 2.33. The first-order valence-electron chi connectivity index (χ1n) is 7.28. The summed E-state index contributed by atoms with van der Waals surface area (Å²) in [5.74, 6) is 0.952. The lowest BCUT2D eigenvalue weighted by Gasteiger charge is -2.09. The third-order valence-corrected chi connectivity index (χ3v) is 4.53. The van der Waals surface area contributed by atoms with Gasteiger partial charge in [-0.15, -0.1) is 0 Å². The predicted octanol–water partition coefficient (Wildman–Crippen LogP) is 3.88. The van der Waals surface area contributed by atoms with Gasteiger partial charge in [-0.2, -0.15) is 5.10 Å². The molecule has 0 bridgehead atoms. The zero-order valence-electron chi connectivity index (χ0n) is 12.3. The van der Waals surface area contributed by atoms with Crippen molar-refractivity contribution >= 4 is 38.3 Å². The summed E-state index contributed by atoms with van der Waals surface area (Å²) in [4.78, 5) is 11.8. The second-order valence-electron chi connectivity index (χ2n) is 5.45. The van der Waals surface area contributed by atoms with Crippen LogP contribution in [0.3, 0.4) is 0 Å². The SMILES string of the molecule is C/C(=N/NC(=O)COc1ccc2ccccc2c1Br)C1CC1. The maximum atomic E-state index is 11.8. The molecule has 1 aliphatic carbocycles. The van der Waals surface area contributed by atoms with Crippen LogP contribution in [-0.2, 0) is 4.79 Å². The Morgan fingerprint density at radius 1 is 1.32 bits per heavy atom. The minimum atomic E-state index is -0.250. The van der Waals surface area contributed by atoms with Crippen LogP contribution in [-0.4, -0.2) is 18.2 Å². The number of benzene rings is 2. The second-order valence-corrected chi connectivity index (χ2v) is 6.24. The van der Waals surface area contributed by atoms with Gasteiger partial charge in [-0.3, -0.25) is 4.79 Å². The quantitative estimate of drug-likeness (QED) is 0.649. The summed E-state index contributed by atoms with van der Waals surface area (Å²) >= 11 is 3.54. The Kier molecular flexibility index (Phi) is 4.43. The predicted molar refractivity (Wildman–Crippen MR) is 91.1 cm³/mol. The molecule has 1 fully saturated rings. The summed E-state index contributed by atoms with van der Waals surface area (Å²) in [5.41, 5.74) is 3.53. The molecule has 0 spiro atoms. The first-order valence-corrected chi connectivity index (χ1v) is 8.07. The number of halogens is 1. The van der Waals surface area contributed by atoms with E-state index in [1.54, 1.807) is 0 Å². The van der Waals surface area contributed by atoms with Crippen LogP contribution >= 0.6 is 15.9 Å². The van der Waals surface area contributed by atoms with Crippen molar-refractivity contribution in [1.29, 1.82) is 0 Å². The van der Waals surface area contributed by atoms with Crippen LogP contribution in [0.1, 0.15) is 19.8 Å². The number of nitrogens with zero attached hydrogens (tertiary/aromatic N) is 1. The van der Waals surface area contributed by atoms with E-state index >= 15 is 0 Å². The Morgan fingerprint density at radius 2 is 2.09 bits per heavy atom. The topological polar surface area (TPSA) is 50.7 Å². The summed E-state index contributed by atoms with van der Waals surface area (Å²) in [7, 11) is 0. The van der Waals surface area contributed by atoms with Crippen molar-refractivity contribution in [3.63, 3.8) is 0 Å². The van der Waals surface area contributed by atoms with E-state index < -0.39 is 0 Å². The zero-order valence-corrected chi connectivity index (χ0v) is 13.9. The first kappa shape index (κ1) is 15.0. The highest BCUT2D eigenvalue weighted by molar-refractivity contribution is 9.10. The van der Waals surface area contributed by atoms with E-state index in [4.69, 9.17) is 4.74 Å². The minimum Gasteiger partial charge on any atom is -0.483 e. The number of fused-ring (bicyclic) bond motifs is 1. The average Bonchev–Trinajstić information content (AvgIpc) is 3.37. The summed E-state index contributed by atoms with van der Waals surface area (Å²) in [5, 5.41) is 6.28. The van der Waals surface area contributed by atoms with Crippen molar-refractivity contribution in [3.05, 3.63) is 40.9 Å². The van der Waals surface area contributed by atoms with Gasteiger partial charge >= 0.3 is 0 Å². The van der Waals surface area contributed by atoms with Gasteiger partial charge < -0.3 is 4.74 Å². The molecule has 114 valence electrons. The average molecular weight is 361 g/mol. The second kappa shape index (κ2) is 6.48.